The molecule has 1 rings (SSSR count). The molecule has 0 spiro atoms. The molecule has 0 fully saturated rings. The third kappa shape index (κ3) is 5.59. The van der Waals surface area contributed by atoms with Gasteiger partial charge in [0.1, 0.15) is 0 Å². The van der Waals surface area contributed by atoms with Gasteiger partial charge in [0.2, 0.25) is 5.91 Å². The minimum atomic E-state index is -0.406. The molecule has 0 saturated heterocycles. The summed E-state index contributed by atoms with van der Waals surface area (Å²) in [7, 11) is 0. The average Bonchev–Trinajstić information content (AvgIpc) is 2.76. The van der Waals surface area contributed by atoms with E-state index in [9.17, 15) is 4.79 Å². The molecule has 1 aromatic heterocycles. The zero-order valence-electron chi connectivity index (χ0n) is 13.2. The molecule has 0 saturated carbocycles. The summed E-state index contributed by atoms with van der Waals surface area (Å²) in [5.74, 6) is 0.371. The van der Waals surface area contributed by atoms with Gasteiger partial charge in [0.25, 0.3) is 0 Å². The lowest BCUT2D eigenvalue weighted by Gasteiger charge is -2.14. The monoisotopic (exact) mass is 297 g/mol. The highest BCUT2D eigenvalue weighted by Crippen LogP contribution is 2.23. The molecule has 1 heterocycles. The molecule has 0 radical (unpaired) electrons. The van der Waals surface area contributed by atoms with Crippen LogP contribution < -0.4 is 11.1 Å². The van der Waals surface area contributed by atoms with Crippen molar-refractivity contribution in [2.24, 2.45) is 11.7 Å². The van der Waals surface area contributed by atoms with Crippen molar-refractivity contribution in [2.45, 2.75) is 58.9 Å². The number of hydrogen-bond donors (Lipinski definition) is 2. The molecule has 4 nitrogen and oxygen atoms in total. The summed E-state index contributed by atoms with van der Waals surface area (Å²) in [4.78, 5) is 16.4. The number of nitrogens with zero attached hydrogens (tertiary/aromatic N) is 1. The number of carbonyl (C=O) groups excluding carboxylic acids is 1. The Bertz CT molecular complexity index is 435. The van der Waals surface area contributed by atoms with Crippen LogP contribution in [0, 0.1) is 5.92 Å². The van der Waals surface area contributed by atoms with Crippen LogP contribution in [0.2, 0.25) is 0 Å². The van der Waals surface area contributed by atoms with Gasteiger partial charge in [-0.05, 0) is 12.3 Å². The fourth-order valence-electron chi connectivity index (χ4n) is 1.81. The Kier molecular flexibility index (Phi) is 6.14. The fourth-order valence-corrected chi connectivity index (χ4v) is 2.83. The second-order valence-corrected chi connectivity index (χ2v) is 7.60. The Morgan fingerprint density at radius 1 is 1.45 bits per heavy atom. The summed E-state index contributed by atoms with van der Waals surface area (Å²) in [6, 6.07) is -0.406. The highest BCUT2D eigenvalue weighted by molar-refractivity contribution is 7.09. The molecule has 0 aromatic carbocycles. The number of hydrogen-bond acceptors (Lipinski definition) is 4. The van der Waals surface area contributed by atoms with Gasteiger partial charge >= 0.3 is 0 Å². The lowest BCUT2D eigenvalue weighted by Crippen LogP contribution is -2.42. The van der Waals surface area contributed by atoms with E-state index in [1.54, 1.807) is 11.3 Å². The van der Waals surface area contributed by atoms with Crippen molar-refractivity contribution < 1.29 is 4.79 Å². The van der Waals surface area contributed by atoms with E-state index in [4.69, 9.17) is 5.73 Å². The number of rotatable bonds is 6. The smallest absolute Gasteiger partial charge is 0.236 e. The second kappa shape index (κ2) is 7.18. The van der Waals surface area contributed by atoms with E-state index in [1.807, 2.05) is 0 Å². The SMILES string of the molecule is CC(C)C[C@H](N)C(=O)NCCc1nc(C(C)(C)C)cs1. The van der Waals surface area contributed by atoms with E-state index in [0.29, 0.717) is 12.5 Å². The van der Waals surface area contributed by atoms with Crippen LogP contribution in [0.1, 0.15) is 51.7 Å². The van der Waals surface area contributed by atoms with Crippen molar-refractivity contribution in [2.75, 3.05) is 6.54 Å². The van der Waals surface area contributed by atoms with Gasteiger partial charge in [0, 0.05) is 23.8 Å². The quantitative estimate of drug-likeness (QED) is 0.847. The summed E-state index contributed by atoms with van der Waals surface area (Å²) in [6.45, 7) is 11.2. The Labute approximate surface area is 126 Å². The molecule has 0 aliphatic rings. The van der Waals surface area contributed by atoms with Gasteiger partial charge in [-0.25, -0.2) is 4.98 Å². The minimum Gasteiger partial charge on any atom is -0.354 e. The largest absolute Gasteiger partial charge is 0.354 e. The lowest BCUT2D eigenvalue weighted by atomic mass is 9.93. The molecule has 0 aliphatic heterocycles. The fraction of sp³-hybridized carbons (Fsp3) is 0.733. The van der Waals surface area contributed by atoms with E-state index < -0.39 is 6.04 Å². The second-order valence-electron chi connectivity index (χ2n) is 6.65. The molecule has 0 bridgehead atoms. The number of thiazole rings is 1. The molecule has 1 atom stereocenters. The predicted molar refractivity (Wildman–Crippen MR) is 85.0 cm³/mol. The Balaban J connectivity index is 2.37. The van der Waals surface area contributed by atoms with Crippen LogP contribution >= 0.6 is 11.3 Å². The first-order valence-corrected chi connectivity index (χ1v) is 8.06. The van der Waals surface area contributed by atoms with E-state index in [2.05, 4.69) is 50.3 Å². The maximum absolute atomic E-state index is 11.8. The van der Waals surface area contributed by atoms with Crippen molar-refractivity contribution in [3.8, 4) is 0 Å². The highest BCUT2D eigenvalue weighted by Gasteiger charge is 2.18. The Morgan fingerprint density at radius 2 is 2.10 bits per heavy atom. The van der Waals surface area contributed by atoms with Gasteiger partial charge in [-0.3, -0.25) is 4.79 Å². The number of carbonyl (C=O) groups is 1. The van der Waals surface area contributed by atoms with Gasteiger partial charge in [-0.1, -0.05) is 34.6 Å². The molecular formula is C15H27N3OS. The average molecular weight is 297 g/mol. The summed E-state index contributed by atoms with van der Waals surface area (Å²) in [5, 5.41) is 6.05. The summed E-state index contributed by atoms with van der Waals surface area (Å²) in [6.07, 6.45) is 1.48. The molecule has 1 aromatic rings. The number of nitrogens with two attached hydrogens (primary N) is 1. The molecule has 1 amide bonds. The van der Waals surface area contributed by atoms with Crippen molar-refractivity contribution in [1.82, 2.24) is 10.3 Å². The van der Waals surface area contributed by atoms with E-state index >= 15 is 0 Å². The lowest BCUT2D eigenvalue weighted by molar-refractivity contribution is -0.122. The maximum atomic E-state index is 11.8. The van der Waals surface area contributed by atoms with Crippen LogP contribution in [0.5, 0.6) is 0 Å². The van der Waals surface area contributed by atoms with Crippen molar-refractivity contribution in [1.29, 1.82) is 0 Å². The molecular weight excluding hydrogens is 270 g/mol. The van der Waals surface area contributed by atoms with Gasteiger partial charge in [-0.15, -0.1) is 11.3 Å². The number of amides is 1. The molecule has 0 unspecified atom stereocenters. The molecule has 3 N–H and O–H groups in total. The van der Waals surface area contributed by atoms with Crippen molar-refractivity contribution >= 4 is 17.2 Å². The number of aromatic nitrogens is 1. The van der Waals surface area contributed by atoms with Crippen LogP contribution in [0.3, 0.4) is 0 Å². The third-order valence-corrected chi connectivity index (χ3v) is 3.93. The Morgan fingerprint density at radius 3 is 2.60 bits per heavy atom. The van der Waals surface area contributed by atoms with Gasteiger partial charge in [-0.2, -0.15) is 0 Å². The summed E-state index contributed by atoms with van der Waals surface area (Å²) >= 11 is 1.65. The molecule has 5 heteroatoms. The zero-order chi connectivity index (χ0) is 15.3. The minimum absolute atomic E-state index is 0.0636. The predicted octanol–water partition coefficient (Wildman–Crippen LogP) is 2.47. The van der Waals surface area contributed by atoms with Crippen molar-refractivity contribution in [3.05, 3.63) is 16.1 Å². The van der Waals surface area contributed by atoms with Crippen molar-refractivity contribution in [3.63, 3.8) is 0 Å². The number of nitrogens with one attached hydrogen (secondary N) is 1. The standard InChI is InChI=1S/C15H27N3OS/c1-10(2)8-11(16)14(19)17-7-6-13-18-12(9-20-13)15(3,4)5/h9-11H,6-8,16H2,1-5H3,(H,17,19)/t11-/m0/s1. The highest BCUT2D eigenvalue weighted by atomic mass is 32.1. The Hall–Kier alpha value is -0.940. The van der Waals surface area contributed by atoms with E-state index in [1.165, 1.54) is 0 Å². The molecule has 114 valence electrons. The topological polar surface area (TPSA) is 68.0 Å². The van der Waals surface area contributed by atoms with Gasteiger partial charge in [0.15, 0.2) is 0 Å². The van der Waals surface area contributed by atoms with Crippen LogP contribution in [0.15, 0.2) is 5.38 Å². The summed E-state index contributed by atoms with van der Waals surface area (Å²) in [5.41, 5.74) is 7.03. The van der Waals surface area contributed by atoms with Crippen LogP contribution in [-0.4, -0.2) is 23.5 Å². The van der Waals surface area contributed by atoms with Gasteiger partial charge in [0.05, 0.1) is 16.7 Å². The maximum Gasteiger partial charge on any atom is 0.236 e. The molecule has 20 heavy (non-hydrogen) atoms. The molecule has 0 aliphatic carbocycles. The first-order valence-electron chi connectivity index (χ1n) is 7.18. The normalized spacial score (nSPS) is 13.6. The zero-order valence-corrected chi connectivity index (χ0v) is 14.0. The summed E-state index contributed by atoms with van der Waals surface area (Å²) < 4.78 is 0. The van der Waals surface area contributed by atoms with E-state index in [-0.39, 0.29) is 11.3 Å². The van der Waals surface area contributed by atoms with E-state index in [0.717, 1.165) is 23.5 Å². The van der Waals surface area contributed by atoms with Crippen LogP contribution in [0.4, 0.5) is 0 Å². The third-order valence-electron chi connectivity index (χ3n) is 3.02. The van der Waals surface area contributed by atoms with Crippen LogP contribution in [0.25, 0.3) is 0 Å². The van der Waals surface area contributed by atoms with Gasteiger partial charge < -0.3 is 11.1 Å². The first kappa shape index (κ1) is 17.1. The first-order chi connectivity index (χ1) is 9.20. The van der Waals surface area contributed by atoms with Crippen LogP contribution in [-0.2, 0) is 16.6 Å².